The number of carbonyl (C=O) groups is 1. The maximum Gasteiger partial charge on any atom is 0.277 e. The zero-order valence-corrected chi connectivity index (χ0v) is 13.7. The van der Waals surface area contributed by atoms with Gasteiger partial charge in [-0.15, -0.1) is 10.2 Å². The molecule has 0 spiro atoms. The molecule has 0 saturated heterocycles. The van der Waals surface area contributed by atoms with Crippen LogP contribution in [0.5, 0.6) is 0 Å². The molecule has 0 amide bonds. The number of rotatable bonds is 5. The van der Waals surface area contributed by atoms with Gasteiger partial charge in [0.1, 0.15) is 0 Å². The lowest BCUT2D eigenvalue weighted by atomic mass is 10.1. The fourth-order valence-corrected chi connectivity index (χ4v) is 2.90. The predicted octanol–water partition coefficient (Wildman–Crippen LogP) is 4.15. The first-order valence-corrected chi connectivity index (χ1v) is 8.09. The summed E-state index contributed by atoms with van der Waals surface area (Å²) in [6, 6.07) is 10.4. The summed E-state index contributed by atoms with van der Waals surface area (Å²) in [6.45, 7) is 1.80. The Morgan fingerprint density at radius 3 is 2.74 bits per heavy atom. The lowest BCUT2D eigenvalue weighted by Crippen LogP contribution is -2.13. The maximum absolute atomic E-state index is 12.4. The molecule has 0 aliphatic carbocycles. The van der Waals surface area contributed by atoms with Gasteiger partial charge in [0.2, 0.25) is 5.89 Å². The average molecular weight is 346 g/mol. The maximum atomic E-state index is 12.4. The van der Waals surface area contributed by atoms with Gasteiger partial charge in [-0.3, -0.25) is 9.78 Å². The minimum Gasteiger partial charge on any atom is -0.411 e. The van der Waals surface area contributed by atoms with Crippen molar-refractivity contribution in [3.63, 3.8) is 0 Å². The first kappa shape index (κ1) is 15.7. The fourth-order valence-electron chi connectivity index (χ4n) is 1.95. The van der Waals surface area contributed by atoms with Crippen LogP contribution in [0, 0.1) is 0 Å². The molecule has 2 aromatic heterocycles. The summed E-state index contributed by atoms with van der Waals surface area (Å²) in [6.07, 6.45) is 3.30. The highest BCUT2D eigenvalue weighted by Crippen LogP contribution is 2.27. The molecular weight excluding hydrogens is 334 g/mol. The van der Waals surface area contributed by atoms with E-state index < -0.39 is 0 Å². The van der Waals surface area contributed by atoms with Gasteiger partial charge in [-0.05, 0) is 31.2 Å². The normalized spacial score (nSPS) is 12.1. The largest absolute Gasteiger partial charge is 0.411 e. The zero-order chi connectivity index (χ0) is 16.2. The molecule has 116 valence electrons. The molecule has 5 nitrogen and oxygen atoms in total. The topological polar surface area (TPSA) is 68.9 Å². The second-order valence-corrected chi connectivity index (χ2v) is 6.47. The van der Waals surface area contributed by atoms with Crippen LogP contribution in [0.1, 0.15) is 17.3 Å². The van der Waals surface area contributed by atoms with Crippen LogP contribution in [-0.4, -0.2) is 26.2 Å². The Labute approximate surface area is 142 Å². The lowest BCUT2D eigenvalue weighted by Gasteiger charge is -2.07. The minimum atomic E-state index is -0.362. The summed E-state index contributed by atoms with van der Waals surface area (Å²) < 4.78 is 5.58. The van der Waals surface area contributed by atoms with Gasteiger partial charge in [0.05, 0.1) is 5.25 Å². The first-order valence-electron chi connectivity index (χ1n) is 6.84. The second kappa shape index (κ2) is 6.93. The van der Waals surface area contributed by atoms with Crippen molar-refractivity contribution in [3.8, 4) is 11.5 Å². The van der Waals surface area contributed by atoms with Gasteiger partial charge in [-0.1, -0.05) is 35.5 Å². The SMILES string of the molecule is CC(Sc1nnc(-c2ccncc2)o1)C(=O)c1cccc(Cl)c1. The van der Waals surface area contributed by atoms with Gasteiger partial charge in [0.25, 0.3) is 5.22 Å². The van der Waals surface area contributed by atoms with E-state index in [9.17, 15) is 4.79 Å². The molecule has 0 radical (unpaired) electrons. The summed E-state index contributed by atoms with van der Waals surface area (Å²) in [7, 11) is 0. The smallest absolute Gasteiger partial charge is 0.277 e. The molecule has 0 N–H and O–H groups in total. The molecule has 3 aromatic rings. The highest BCUT2D eigenvalue weighted by Gasteiger charge is 2.20. The zero-order valence-electron chi connectivity index (χ0n) is 12.1. The third-order valence-corrected chi connectivity index (χ3v) is 4.26. The quantitative estimate of drug-likeness (QED) is 0.511. The van der Waals surface area contributed by atoms with E-state index in [-0.39, 0.29) is 11.0 Å². The molecule has 1 aromatic carbocycles. The van der Waals surface area contributed by atoms with Gasteiger partial charge in [-0.25, -0.2) is 0 Å². The van der Waals surface area contributed by atoms with Crippen LogP contribution in [0.25, 0.3) is 11.5 Å². The van der Waals surface area contributed by atoms with Gasteiger partial charge >= 0.3 is 0 Å². The molecule has 0 aliphatic rings. The standard InChI is InChI=1S/C16H12ClN3O2S/c1-10(14(21)12-3-2-4-13(17)9-12)23-16-20-19-15(22-16)11-5-7-18-8-6-11/h2-10H,1H3. The van der Waals surface area contributed by atoms with Crippen molar-refractivity contribution in [2.24, 2.45) is 0 Å². The minimum absolute atomic E-state index is 0.0406. The van der Waals surface area contributed by atoms with E-state index in [1.165, 1.54) is 11.8 Å². The molecular formula is C16H12ClN3O2S. The number of carbonyl (C=O) groups excluding carboxylic acids is 1. The summed E-state index contributed by atoms with van der Waals surface area (Å²) in [5.74, 6) is 0.360. The van der Waals surface area contributed by atoms with E-state index in [2.05, 4.69) is 15.2 Å². The summed E-state index contributed by atoms with van der Waals surface area (Å²) in [4.78, 5) is 16.3. The number of aromatic nitrogens is 3. The highest BCUT2D eigenvalue weighted by molar-refractivity contribution is 8.00. The number of hydrogen-bond donors (Lipinski definition) is 0. The van der Waals surface area contributed by atoms with Crippen LogP contribution in [0.3, 0.4) is 0 Å². The van der Waals surface area contributed by atoms with Crippen LogP contribution in [-0.2, 0) is 0 Å². The fraction of sp³-hybridized carbons (Fsp3) is 0.125. The van der Waals surface area contributed by atoms with Crippen LogP contribution in [0.4, 0.5) is 0 Å². The number of benzene rings is 1. The van der Waals surface area contributed by atoms with Crippen molar-refractivity contribution in [3.05, 3.63) is 59.4 Å². The van der Waals surface area contributed by atoms with E-state index in [0.717, 1.165) is 5.56 Å². The Morgan fingerprint density at radius 1 is 1.22 bits per heavy atom. The van der Waals surface area contributed by atoms with E-state index in [4.69, 9.17) is 16.0 Å². The predicted molar refractivity (Wildman–Crippen MR) is 88.6 cm³/mol. The Hall–Kier alpha value is -2.18. The van der Waals surface area contributed by atoms with E-state index in [1.54, 1.807) is 55.7 Å². The highest BCUT2D eigenvalue weighted by atomic mass is 35.5. The number of ketones is 1. The number of nitrogens with zero attached hydrogens (tertiary/aromatic N) is 3. The molecule has 3 rings (SSSR count). The summed E-state index contributed by atoms with van der Waals surface area (Å²) >= 11 is 7.14. The molecule has 23 heavy (non-hydrogen) atoms. The average Bonchev–Trinajstić information content (AvgIpc) is 3.03. The summed E-state index contributed by atoms with van der Waals surface area (Å²) in [5.41, 5.74) is 1.35. The molecule has 0 saturated carbocycles. The lowest BCUT2D eigenvalue weighted by molar-refractivity contribution is 0.0993. The van der Waals surface area contributed by atoms with Crippen molar-refractivity contribution in [1.82, 2.24) is 15.2 Å². The molecule has 1 atom stereocenters. The van der Waals surface area contributed by atoms with Gasteiger partial charge < -0.3 is 4.42 Å². The second-order valence-electron chi connectivity index (χ2n) is 4.74. The number of Topliss-reactive ketones (excluding diaryl/α,β-unsaturated/α-hetero) is 1. The van der Waals surface area contributed by atoms with Crippen molar-refractivity contribution >= 4 is 29.1 Å². The number of pyridine rings is 1. The van der Waals surface area contributed by atoms with Gasteiger partial charge in [0, 0.05) is 28.5 Å². The molecule has 0 aliphatic heterocycles. The third kappa shape index (κ3) is 3.78. The molecule has 0 bridgehead atoms. The van der Waals surface area contributed by atoms with Crippen LogP contribution in [0.2, 0.25) is 5.02 Å². The monoisotopic (exact) mass is 345 g/mol. The number of hydrogen-bond acceptors (Lipinski definition) is 6. The van der Waals surface area contributed by atoms with E-state index >= 15 is 0 Å². The molecule has 7 heteroatoms. The van der Waals surface area contributed by atoms with Crippen LogP contribution in [0.15, 0.2) is 58.4 Å². The van der Waals surface area contributed by atoms with Crippen LogP contribution >= 0.6 is 23.4 Å². The Balaban J connectivity index is 1.72. The molecule has 2 heterocycles. The Morgan fingerprint density at radius 2 is 2.00 bits per heavy atom. The van der Waals surface area contributed by atoms with Crippen molar-refractivity contribution in [2.75, 3.05) is 0 Å². The Kier molecular flexibility index (Phi) is 4.73. The van der Waals surface area contributed by atoms with Gasteiger partial charge in [-0.2, -0.15) is 0 Å². The third-order valence-electron chi connectivity index (χ3n) is 3.09. The van der Waals surface area contributed by atoms with E-state index in [1.807, 2.05) is 0 Å². The van der Waals surface area contributed by atoms with Crippen LogP contribution < -0.4 is 0 Å². The molecule has 0 fully saturated rings. The molecule has 1 unspecified atom stereocenters. The van der Waals surface area contributed by atoms with Crippen molar-refractivity contribution < 1.29 is 9.21 Å². The van der Waals surface area contributed by atoms with Crippen molar-refractivity contribution in [1.29, 1.82) is 0 Å². The van der Waals surface area contributed by atoms with Gasteiger partial charge in [0.15, 0.2) is 5.78 Å². The van der Waals surface area contributed by atoms with Crippen molar-refractivity contribution in [2.45, 2.75) is 17.4 Å². The first-order chi connectivity index (χ1) is 11.1. The number of thioether (sulfide) groups is 1. The Bertz CT molecular complexity index is 823. The van der Waals surface area contributed by atoms with E-state index in [0.29, 0.717) is 21.7 Å². The summed E-state index contributed by atoms with van der Waals surface area (Å²) in [5, 5.41) is 8.48. The number of halogens is 1.